The van der Waals surface area contributed by atoms with Gasteiger partial charge in [-0.2, -0.15) is 9.57 Å². The van der Waals surface area contributed by atoms with E-state index in [2.05, 4.69) is 4.98 Å². The van der Waals surface area contributed by atoms with Crippen molar-refractivity contribution >= 4 is 20.9 Å². The van der Waals surface area contributed by atoms with E-state index in [1.54, 1.807) is 24.3 Å². The molecule has 0 spiro atoms. The van der Waals surface area contributed by atoms with Crippen LogP contribution in [-0.2, 0) is 16.6 Å². The quantitative estimate of drug-likeness (QED) is 0.454. The van der Waals surface area contributed by atoms with Gasteiger partial charge in [-0.3, -0.25) is 9.36 Å². The molecule has 0 saturated heterocycles. The van der Waals surface area contributed by atoms with Gasteiger partial charge >= 0.3 is 0 Å². The number of benzene rings is 3. The van der Waals surface area contributed by atoms with Crippen molar-refractivity contribution < 1.29 is 8.42 Å². The minimum absolute atomic E-state index is 0.0604. The van der Waals surface area contributed by atoms with E-state index in [0.29, 0.717) is 28.0 Å². The highest BCUT2D eigenvalue weighted by atomic mass is 32.2. The summed E-state index contributed by atoms with van der Waals surface area (Å²) in [7, 11) is -2.43. The molecule has 3 aromatic carbocycles. The maximum absolute atomic E-state index is 13.5. The van der Waals surface area contributed by atoms with Crippen LogP contribution in [0.2, 0.25) is 0 Å². The number of para-hydroxylation sites is 1. The van der Waals surface area contributed by atoms with Crippen LogP contribution in [0.4, 0.5) is 0 Å². The molecule has 0 N–H and O–H groups in total. The Labute approximate surface area is 192 Å². The standard InChI is InChI=1S/C25H22N4O3S/c1-17-8-13-23(18(2)14-17)29-24(27-22-7-5-4-6-21(22)25(29)30)16-28(3)33(31,32)20-11-9-19(15-26)10-12-20/h4-14H,16H2,1-3H3. The molecule has 4 rings (SSSR count). The molecular weight excluding hydrogens is 436 g/mol. The molecule has 0 unspecified atom stereocenters. The molecule has 4 aromatic rings. The lowest BCUT2D eigenvalue weighted by Gasteiger charge is -2.21. The monoisotopic (exact) mass is 458 g/mol. The molecule has 0 amide bonds. The Kier molecular flexibility index (Phi) is 5.85. The fraction of sp³-hybridized carbons (Fsp3) is 0.160. The molecular formula is C25H22N4O3S. The Morgan fingerprint density at radius 2 is 1.73 bits per heavy atom. The van der Waals surface area contributed by atoms with Gasteiger partial charge in [0.25, 0.3) is 5.56 Å². The van der Waals surface area contributed by atoms with Crippen LogP contribution in [0.1, 0.15) is 22.5 Å². The smallest absolute Gasteiger partial charge is 0.266 e. The summed E-state index contributed by atoms with van der Waals surface area (Å²) in [5, 5.41) is 9.43. The fourth-order valence-electron chi connectivity index (χ4n) is 3.75. The molecule has 1 aromatic heterocycles. The zero-order valence-electron chi connectivity index (χ0n) is 18.5. The number of sulfonamides is 1. The number of fused-ring (bicyclic) bond motifs is 1. The maximum atomic E-state index is 13.5. The molecule has 0 atom stereocenters. The van der Waals surface area contributed by atoms with Crippen LogP contribution in [-0.4, -0.2) is 29.3 Å². The Bertz CT molecular complexity index is 1570. The average molecular weight is 459 g/mol. The number of nitriles is 1. The number of hydrogen-bond acceptors (Lipinski definition) is 5. The molecule has 0 fully saturated rings. The summed E-state index contributed by atoms with van der Waals surface area (Å²) in [5.74, 6) is 0.311. The molecule has 33 heavy (non-hydrogen) atoms. The van der Waals surface area contributed by atoms with Crippen LogP contribution < -0.4 is 5.56 Å². The van der Waals surface area contributed by atoms with Gasteiger partial charge in [-0.05, 0) is 61.9 Å². The molecule has 7 nitrogen and oxygen atoms in total. The molecule has 8 heteroatoms. The number of aryl methyl sites for hydroxylation is 2. The third-order valence-corrected chi connectivity index (χ3v) is 7.31. The first kappa shape index (κ1) is 22.4. The molecule has 0 radical (unpaired) electrons. The molecule has 166 valence electrons. The second kappa shape index (κ2) is 8.62. The van der Waals surface area contributed by atoms with Crippen molar-refractivity contribution in [3.63, 3.8) is 0 Å². The van der Waals surface area contributed by atoms with Crippen molar-refractivity contribution in [2.24, 2.45) is 0 Å². The van der Waals surface area contributed by atoms with Gasteiger partial charge < -0.3 is 0 Å². The lowest BCUT2D eigenvalue weighted by Crippen LogP contribution is -2.32. The second-order valence-electron chi connectivity index (χ2n) is 7.87. The van der Waals surface area contributed by atoms with Gasteiger partial charge in [-0.15, -0.1) is 0 Å². The normalized spacial score (nSPS) is 11.6. The van der Waals surface area contributed by atoms with Gasteiger partial charge in [0.05, 0.1) is 39.7 Å². The van der Waals surface area contributed by atoms with Crippen molar-refractivity contribution in [1.82, 2.24) is 13.9 Å². The lowest BCUT2D eigenvalue weighted by atomic mass is 10.1. The summed E-state index contributed by atoms with van der Waals surface area (Å²) in [6.45, 7) is 3.76. The van der Waals surface area contributed by atoms with Crippen molar-refractivity contribution in [1.29, 1.82) is 5.26 Å². The summed E-state index contributed by atoms with van der Waals surface area (Å²) in [5.41, 5.74) is 3.21. The van der Waals surface area contributed by atoms with Gasteiger partial charge in [-0.1, -0.05) is 29.8 Å². The van der Waals surface area contributed by atoms with E-state index in [4.69, 9.17) is 5.26 Å². The molecule has 0 aliphatic rings. The van der Waals surface area contributed by atoms with E-state index in [-0.39, 0.29) is 17.0 Å². The summed E-state index contributed by atoms with van der Waals surface area (Å²) < 4.78 is 29.0. The Morgan fingerprint density at radius 3 is 2.39 bits per heavy atom. The van der Waals surface area contributed by atoms with Crippen LogP contribution in [0, 0.1) is 25.2 Å². The van der Waals surface area contributed by atoms with Crippen molar-refractivity contribution in [3.8, 4) is 11.8 Å². The topological polar surface area (TPSA) is 96.1 Å². The number of rotatable bonds is 5. The van der Waals surface area contributed by atoms with Gasteiger partial charge in [0, 0.05) is 7.05 Å². The SMILES string of the molecule is Cc1ccc(-n2c(CN(C)S(=O)(=O)c3ccc(C#N)cc3)nc3ccccc3c2=O)c(C)c1. The third kappa shape index (κ3) is 4.16. The highest BCUT2D eigenvalue weighted by Crippen LogP contribution is 2.21. The minimum atomic E-state index is -3.88. The molecule has 0 aliphatic heterocycles. The number of nitrogens with zero attached hydrogens (tertiary/aromatic N) is 4. The first-order valence-corrected chi connectivity index (χ1v) is 11.7. The van der Waals surface area contributed by atoms with Crippen molar-refractivity contribution in [2.45, 2.75) is 25.3 Å². The van der Waals surface area contributed by atoms with Gasteiger partial charge in [0.2, 0.25) is 10.0 Å². The Balaban J connectivity index is 1.86. The minimum Gasteiger partial charge on any atom is -0.268 e. The van der Waals surface area contributed by atoms with Crippen LogP contribution in [0.25, 0.3) is 16.6 Å². The zero-order valence-corrected chi connectivity index (χ0v) is 19.3. The summed E-state index contributed by atoms with van der Waals surface area (Å²) in [6, 6.07) is 20.4. The van der Waals surface area contributed by atoms with Crippen LogP contribution in [0.3, 0.4) is 0 Å². The summed E-state index contributed by atoms with van der Waals surface area (Å²) in [6.07, 6.45) is 0. The van der Waals surface area contributed by atoms with Crippen LogP contribution in [0.5, 0.6) is 0 Å². The fourth-order valence-corrected chi connectivity index (χ4v) is 4.88. The molecule has 1 heterocycles. The number of hydrogen-bond donors (Lipinski definition) is 0. The summed E-state index contributed by atoms with van der Waals surface area (Å²) in [4.78, 5) is 18.2. The Hall–Kier alpha value is -3.80. The third-order valence-electron chi connectivity index (χ3n) is 5.49. The van der Waals surface area contributed by atoms with Crippen molar-refractivity contribution in [3.05, 3.63) is 99.6 Å². The lowest BCUT2D eigenvalue weighted by molar-refractivity contribution is 0.452. The van der Waals surface area contributed by atoms with E-state index in [1.807, 2.05) is 38.1 Å². The predicted molar refractivity (Wildman–Crippen MR) is 127 cm³/mol. The molecule has 0 bridgehead atoms. The van der Waals surface area contributed by atoms with E-state index >= 15 is 0 Å². The molecule has 0 aliphatic carbocycles. The van der Waals surface area contributed by atoms with Crippen LogP contribution >= 0.6 is 0 Å². The van der Waals surface area contributed by atoms with Crippen LogP contribution in [0.15, 0.2) is 76.4 Å². The largest absolute Gasteiger partial charge is 0.268 e. The highest BCUT2D eigenvalue weighted by Gasteiger charge is 2.24. The highest BCUT2D eigenvalue weighted by molar-refractivity contribution is 7.89. The predicted octanol–water partition coefficient (Wildman–Crippen LogP) is 3.69. The van der Waals surface area contributed by atoms with E-state index in [9.17, 15) is 13.2 Å². The van der Waals surface area contributed by atoms with Gasteiger partial charge in [0.1, 0.15) is 5.82 Å². The van der Waals surface area contributed by atoms with E-state index in [1.165, 1.54) is 35.9 Å². The van der Waals surface area contributed by atoms with Gasteiger partial charge in [0.15, 0.2) is 0 Å². The maximum Gasteiger partial charge on any atom is 0.266 e. The first-order chi connectivity index (χ1) is 15.7. The zero-order chi connectivity index (χ0) is 23.8. The van der Waals surface area contributed by atoms with E-state index < -0.39 is 10.0 Å². The first-order valence-electron chi connectivity index (χ1n) is 10.3. The van der Waals surface area contributed by atoms with E-state index in [0.717, 1.165) is 15.4 Å². The van der Waals surface area contributed by atoms with Crippen molar-refractivity contribution in [2.75, 3.05) is 7.05 Å². The second-order valence-corrected chi connectivity index (χ2v) is 9.92. The Morgan fingerprint density at radius 1 is 1.03 bits per heavy atom. The summed E-state index contributed by atoms with van der Waals surface area (Å²) >= 11 is 0. The number of aromatic nitrogens is 2. The average Bonchev–Trinajstić information content (AvgIpc) is 2.80. The van der Waals surface area contributed by atoms with Gasteiger partial charge in [-0.25, -0.2) is 13.4 Å². The molecule has 0 saturated carbocycles.